The second-order valence-electron chi connectivity index (χ2n) is 2.47. The Kier molecular flexibility index (Phi) is 2.63. The van der Waals surface area contributed by atoms with E-state index in [0.717, 1.165) is 5.69 Å². The number of aryl methyl sites for hydroxylation is 1. The van der Waals surface area contributed by atoms with E-state index in [2.05, 4.69) is 10.5 Å². The van der Waals surface area contributed by atoms with Gasteiger partial charge in [-0.2, -0.15) is 5.10 Å². The minimum atomic E-state index is -0.166. The van der Waals surface area contributed by atoms with E-state index in [9.17, 15) is 4.79 Å². The SMILES string of the molecule is CC(=O)N/N=C\c1cccn1C. The molecule has 1 aromatic rings. The number of rotatable bonds is 2. The Morgan fingerprint density at radius 3 is 3.00 bits per heavy atom. The van der Waals surface area contributed by atoms with Gasteiger partial charge in [0.15, 0.2) is 0 Å². The Hall–Kier alpha value is -1.58. The molecule has 4 nitrogen and oxygen atoms in total. The average molecular weight is 165 g/mol. The van der Waals surface area contributed by atoms with Crippen LogP contribution >= 0.6 is 0 Å². The molecular formula is C8H11N3O. The molecule has 0 radical (unpaired) electrons. The van der Waals surface area contributed by atoms with Crippen molar-refractivity contribution in [1.29, 1.82) is 0 Å². The monoisotopic (exact) mass is 165 g/mol. The average Bonchev–Trinajstić information content (AvgIpc) is 2.36. The highest BCUT2D eigenvalue weighted by Crippen LogP contribution is 1.94. The predicted molar refractivity (Wildman–Crippen MR) is 46.8 cm³/mol. The smallest absolute Gasteiger partial charge is 0.236 e. The molecule has 64 valence electrons. The first-order valence-electron chi connectivity index (χ1n) is 3.61. The van der Waals surface area contributed by atoms with Gasteiger partial charge in [0, 0.05) is 20.2 Å². The molecule has 1 heterocycles. The van der Waals surface area contributed by atoms with Crippen LogP contribution in [0.2, 0.25) is 0 Å². The Morgan fingerprint density at radius 2 is 2.50 bits per heavy atom. The van der Waals surface area contributed by atoms with Gasteiger partial charge in [-0.15, -0.1) is 0 Å². The lowest BCUT2D eigenvalue weighted by Gasteiger charge is -1.94. The third-order valence-electron chi connectivity index (χ3n) is 1.40. The van der Waals surface area contributed by atoms with Gasteiger partial charge in [0.2, 0.25) is 5.91 Å². The molecule has 0 bridgehead atoms. The molecule has 0 fully saturated rings. The Balaban J connectivity index is 2.57. The summed E-state index contributed by atoms with van der Waals surface area (Å²) in [7, 11) is 1.91. The predicted octanol–water partition coefficient (Wildman–Crippen LogP) is 0.495. The van der Waals surface area contributed by atoms with Crippen molar-refractivity contribution in [2.75, 3.05) is 0 Å². The minimum absolute atomic E-state index is 0.166. The summed E-state index contributed by atoms with van der Waals surface area (Å²) in [5.41, 5.74) is 3.28. The van der Waals surface area contributed by atoms with Gasteiger partial charge in [0.1, 0.15) is 0 Å². The van der Waals surface area contributed by atoms with Crippen molar-refractivity contribution in [3.05, 3.63) is 24.0 Å². The van der Waals surface area contributed by atoms with Crippen LogP contribution in [0, 0.1) is 0 Å². The number of nitrogens with zero attached hydrogens (tertiary/aromatic N) is 2. The lowest BCUT2D eigenvalue weighted by atomic mass is 10.5. The molecule has 0 unspecified atom stereocenters. The van der Waals surface area contributed by atoms with E-state index >= 15 is 0 Å². The number of hydrogen-bond donors (Lipinski definition) is 1. The lowest BCUT2D eigenvalue weighted by molar-refractivity contribution is -0.118. The van der Waals surface area contributed by atoms with Crippen molar-refractivity contribution >= 4 is 12.1 Å². The summed E-state index contributed by atoms with van der Waals surface area (Å²) in [5.74, 6) is -0.166. The zero-order chi connectivity index (χ0) is 8.97. The van der Waals surface area contributed by atoms with Crippen molar-refractivity contribution in [1.82, 2.24) is 9.99 Å². The third kappa shape index (κ3) is 2.23. The molecular weight excluding hydrogens is 154 g/mol. The molecule has 1 aromatic heterocycles. The van der Waals surface area contributed by atoms with Gasteiger partial charge >= 0.3 is 0 Å². The first-order chi connectivity index (χ1) is 5.70. The van der Waals surface area contributed by atoms with E-state index in [1.54, 1.807) is 6.21 Å². The van der Waals surface area contributed by atoms with Gasteiger partial charge < -0.3 is 4.57 Å². The summed E-state index contributed by atoms with van der Waals surface area (Å²) < 4.78 is 1.91. The number of aromatic nitrogens is 1. The number of carbonyl (C=O) groups is 1. The fourth-order valence-corrected chi connectivity index (χ4v) is 0.798. The molecule has 0 atom stereocenters. The van der Waals surface area contributed by atoms with Crippen molar-refractivity contribution in [3.63, 3.8) is 0 Å². The first-order valence-corrected chi connectivity index (χ1v) is 3.61. The van der Waals surface area contributed by atoms with Crippen LogP contribution in [0.5, 0.6) is 0 Å². The molecule has 4 heteroatoms. The van der Waals surface area contributed by atoms with Crippen LogP contribution in [-0.4, -0.2) is 16.7 Å². The number of hydrazone groups is 1. The molecule has 0 aromatic carbocycles. The van der Waals surface area contributed by atoms with Gasteiger partial charge in [-0.05, 0) is 12.1 Å². The highest BCUT2D eigenvalue weighted by Gasteiger charge is 1.90. The zero-order valence-corrected chi connectivity index (χ0v) is 7.11. The van der Waals surface area contributed by atoms with E-state index in [1.807, 2.05) is 29.9 Å². The van der Waals surface area contributed by atoms with Crippen LogP contribution < -0.4 is 5.43 Å². The van der Waals surface area contributed by atoms with Crippen LogP contribution in [-0.2, 0) is 11.8 Å². The standard InChI is InChI=1S/C8H11N3O/c1-7(12)10-9-6-8-4-3-5-11(8)2/h3-6H,1-2H3,(H,10,12)/b9-6-. The van der Waals surface area contributed by atoms with E-state index in [4.69, 9.17) is 0 Å². The van der Waals surface area contributed by atoms with Gasteiger partial charge in [0.05, 0.1) is 11.9 Å². The topological polar surface area (TPSA) is 46.4 Å². The molecule has 0 saturated carbocycles. The zero-order valence-electron chi connectivity index (χ0n) is 7.11. The van der Waals surface area contributed by atoms with E-state index in [0.29, 0.717) is 0 Å². The highest BCUT2D eigenvalue weighted by atomic mass is 16.2. The fraction of sp³-hybridized carbons (Fsp3) is 0.250. The molecule has 1 N–H and O–H groups in total. The largest absolute Gasteiger partial charge is 0.350 e. The number of nitrogens with one attached hydrogen (secondary N) is 1. The van der Waals surface area contributed by atoms with E-state index in [-0.39, 0.29) is 5.91 Å². The van der Waals surface area contributed by atoms with E-state index in [1.165, 1.54) is 6.92 Å². The molecule has 0 aliphatic rings. The van der Waals surface area contributed by atoms with Crippen molar-refractivity contribution < 1.29 is 4.79 Å². The number of hydrogen-bond acceptors (Lipinski definition) is 2. The summed E-state index contributed by atoms with van der Waals surface area (Å²) in [6.07, 6.45) is 3.51. The van der Waals surface area contributed by atoms with Crippen LogP contribution in [0.1, 0.15) is 12.6 Å². The molecule has 0 saturated heterocycles. The van der Waals surface area contributed by atoms with Gasteiger partial charge in [0.25, 0.3) is 0 Å². The normalized spacial score (nSPS) is 10.5. The third-order valence-corrected chi connectivity index (χ3v) is 1.40. The maximum Gasteiger partial charge on any atom is 0.236 e. The van der Waals surface area contributed by atoms with E-state index < -0.39 is 0 Å². The van der Waals surface area contributed by atoms with Crippen LogP contribution in [0.4, 0.5) is 0 Å². The second-order valence-corrected chi connectivity index (χ2v) is 2.47. The maximum absolute atomic E-state index is 10.4. The molecule has 1 amide bonds. The summed E-state index contributed by atoms with van der Waals surface area (Å²) in [6, 6.07) is 3.82. The highest BCUT2D eigenvalue weighted by molar-refractivity contribution is 5.80. The molecule has 12 heavy (non-hydrogen) atoms. The molecule has 1 rings (SSSR count). The van der Waals surface area contributed by atoms with Crippen molar-refractivity contribution in [3.8, 4) is 0 Å². The molecule has 0 aliphatic carbocycles. The lowest BCUT2D eigenvalue weighted by Crippen LogP contribution is -2.12. The minimum Gasteiger partial charge on any atom is -0.350 e. The van der Waals surface area contributed by atoms with Gasteiger partial charge in [-0.3, -0.25) is 4.79 Å². The molecule has 0 aliphatic heterocycles. The van der Waals surface area contributed by atoms with Crippen LogP contribution in [0.25, 0.3) is 0 Å². The van der Waals surface area contributed by atoms with Gasteiger partial charge in [-0.25, -0.2) is 5.43 Å². The Morgan fingerprint density at radius 1 is 1.75 bits per heavy atom. The van der Waals surface area contributed by atoms with Gasteiger partial charge in [-0.1, -0.05) is 0 Å². The van der Waals surface area contributed by atoms with Crippen molar-refractivity contribution in [2.24, 2.45) is 12.1 Å². The van der Waals surface area contributed by atoms with Crippen LogP contribution in [0.3, 0.4) is 0 Å². The summed E-state index contributed by atoms with van der Waals surface area (Å²) in [6.45, 7) is 1.42. The van der Waals surface area contributed by atoms with Crippen LogP contribution in [0.15, 0.2) is 23.4 Å². The maximum atomic E-state index is 10.4. The van der Waals surface area contributed by atoms with Crippen molar-refractivity contribution in [2.45, 2.75) is 6.92 Å². The quantitative estimate of drug-likeness (QED) is 0.503. The summed E-state index contributed by atoms with van der Waals surface area (Å²) in [4.78, 5) is 10.4. The number of carbonyl (C=O) groups excluding carboxylic acids is 1. The first kappa shape index (κ1) is 8.52. The Labute approximate surface area is 70.9 Å². The molecule has 0 spiro atoms. The summed E-state index contributed by atoms with van der Waals surface area (Å²) >= 11 is 0. The Bertz CT molecular complexity index is 301. The number of amides is 1. The fourth-order valence-electron chi connectivity index (χ4n) is 0.798. The summed E-state index contributed by atoms with van der Waals surface area (Å²) in [5, 5.41) is 3.73. The second kappa shape index (κ2) is 3.71.